The van der Waals surface area contributed by atoms with E-state index in [4.69, 9.17) is 10.5 Å². The average Bonchev–Trinajstić information content (AvgIpc) is 3.12. The largest absolute Gasteiger partial charge is 0.383 e. The van der Waals surface area contributed by atoms with Crippen molar-refractivity contribution in [1.82, 2.24) is 9.80 Å². The summed E-state index contributed by atoms with van der Waals surface area (Å²) in [7, 11) is 1.57. The van der Waals surface area contributed by atoms with Gasteiger partial charge >= 0.3 is 0 Å². The monoisotopic (exact) mass is 227 g/mol. The number of methoxy groups -OCH3 is 1. The maximum absolute atomic E-state index is 11.9. The van der Waals surface area contributed by atoms with E-state index < -0.39 is 6.04 Å². The molecular formula is C11H21N3O2. The van der Waals surface area contributed by atoms with Crippen LogP contribution in [0.4, 0.5) is 0 Å². The van der Waals surface area contributed by atoms with Crippen molar-refractivity contribution in [3.8, 4) is 0 Å². The Labute approximate surface area is 96.5 Å². The van der Waals surface area contributed by atoms with Gasteiger partial charge in [0.05, 0.1) is 6.61 Å². The van der Waals surface area contributed by atoms with Gasteiger partial charge < -0.3 is 15.4 Å². The van der Waals surface area contributed by atoms with E-state index in [2.05, 4.69) is 4.90 Å². The van der Waals surface area contributed by atoms with Crippen molar-refractivity contribution in [1.29, 1.82) is 0 Å². The number of nitrogens with zero attached hydrogens (tertiary/aromatic N) is 2. The van der Waals surface area contributed by atoms with Gasteiger partial charge in [0.2, 0.25) is 5.91 Å². The second kappa shape index (κ2) is 5.12. The van der Waals surface area contributed by atoms with E-state index in [1.807, 2.05) is 4.90 Å². The molecule has 92 valence electrons. The number of carbonyl (C=O) groups excluding carboxylic acids is 1. The topological polar surface area (TPSA) is 58.8 Å². The molecule has 0 bridgehead atoms. The van der Waals surface area contributed by atoms with Gasteiger partial charge in [-0.1, -0.05) is 0 Å². The Morgan fingerprint density at radius 3 is 2.50 bits per heavy atom. The Morgan fingerprint density at radius 1 is 1.38 bits per heavy atom. The lowest BCUT2D eigenvalue weighted by Crippen LogP contribution is -2.54. The molecule has 0 radical (unpaired) electrons. The maximum Gasteiger partial charge on any atom is 0.241 e. The smallest absolute Gasteiger partial charge is 0.241 e. The molecule has 1 heterocycles. The third kappa shape index (κ3) is 2.72. The van der Waals surface area contributed by atoms with Crippen LogP contribution >= 0.6 is 0 Å². The van der Waals surface area contributed by atoms with Gasteiger partial charge in [0.1, 0.15) is 6.04 Å². The number of hydrogen-bond acceptors (Lipinski definition) is 4. The zero-order valence-electron chi connectivity index (χ0n) is 9.89. The molecule has 5 heteroatoms. The van der Waals surface area contributed by atoms with Crippen molar-refractivity contribution in [2.75, 3.05) is 39.9 Å². The molecule has 0 aromatic rings. The summed E-state index contributed by atoms with van der Waals surface area (Å²) in [5.74, 6) is 0.0253. The van der Waals surface area contributed by atoms with Gasteiger partial charge in [0, 0.05) is 39.3 Å². The summed E-state index contributed by atoms with van der Waals surface area (Å²) in [6.07, 6.45) is 2.66. The third-order valence-corrected chi connectivity index (χ3v) is 3.35. The van der Waals surface area contributed by atoms with Gasteiger partial charge in [-0.15, -0.1) is 0 Å². The van der Waals surface area contributed by atoms with Gasteiger partial charge in [-0.25, -0.2) is 0 Å². The van der Waals surface area contributed by atoms with Crippen molar-refractivity contribution in [2.24, 2.45) is 5.73 Å². The molecule has 0 spiro atoms. The summed E-state index contributed by atoms with van der Waals surface area (Å²) in [6, 6.07) is 0.294. The maximum atomic E-state index is 11.9. The number of carbonyl (C=O) groups is 1. The molecular weight excluding hydrogens is 206 g/mol. The summed E-state index contributed by atoms with van der Waals surface area (Å²) < 4.78 is 4.90. The summed E-state index contributed by atoms with van der Waals surface area (Å²) in [5, 5.41) is 0. The first kappa shape index (κ1) is 11.8. The highest BCUT2D eigenvalue weighted by Crippen LogP contribution is 2.27. The first-order chi connectivity index (χ1) is 7.72. The number of piperazine rings is 1. The van der Waals surface area contributed by atoms with Crippen LogP contribution in [0.3, 0.4) is 0 Å². The van der Waals surface area contributed by atoms with Crippen LogP contribution in [0, 0.1) is 0 Å². The molecule has 1 saturated heterocycles. The minimum Gasteiger partial charge on any atom is -0.383 e. The number of rotatable bonds is 4. The fraction of sp³-hybridized carbons (Fsp3) is 0.909. The van der Waals surface area contributed by atoms with Crippen LogP contribution in [0.5, 0.6) is 0 Å². The number of amides is 1. The molecule has 1 aliphatic heterocycles. The van der Waals surface area contributed by atoms with Crippen LogP contribution in [0.15, 0.2) is 0 Å². The molecule has 16 heavy (non-hydrogen) atoms. The zero-order chi connectivity index (χ0) is 11.5. The quantitative estimate of drug-likeness (QED) is 0.688. The number of hydrogen-bond donors (Lipinski definition) is 1. The molecule has 1 aliphatic carbocycles. The van der Waals surface area contributed by atoms with Crippen LogP contribution in [-0.2, 0) is 9.53 Å². The Bertz CT molecular complexity index is 248. The van der Waals surface area contributed by atoms with Crippen molar-refractivity contribution in [3.63, 3.8) is 0 Å². The van der Waals surface area contributed by atoms with Crippen LogP contribution < -0.4 is 5.73 Å². The lowest BCUT2D eigenvalue weighted by molar-refractivity contribution is -0.135. The van der Waals surface area contributed by atoms with Gasteiger partial charge in [0.15, 0.2) is 0 Å². The standard InChI is InChI=1S/C11H21N3O2/c1-16-8-10(12)11(15)14-6-4-13(5-7-14)9-2-3-9/h9-10H,2-8,12H2,1H3. The molecule has 0 aromatic carbocycles. The van der Waals surface area contributed by atoms with Crippen molar-refractivity contribution in [3.05, 3.63) is 0 Å². The lowest BCUT2D eigenvalue weighted by Gasteiger charge is -2.35. The Morgan fingerprint density at radius 2 is 2.00 bits per heavy atom. The van der Waals surface area contributed by atoms with E-state index >= 15 is 0 Å². The predicted molar refractivity (Wildman–Crippen MR) is 61.0 cm³/mol. The van der Waals surface area contributed by atoms with Gasteiger partial charge in [-0.2, -0.15) is 0 Å². The molecule has 2 N–H and O–H groups in total. The normalized spacial score (nSPS) is 24.5. The summed E-state index contributed by atoms with van der Waals surface area (Å²) in [5.41, 5.74) is 5.74. The summed E-state index contributed by atoms with van der Waals surface area (Å²) in [6.45, 7) is 3.92. The average molecular weight is 227 g/mol. The summed E-state index contributed by atoms with van der Waals surface area (Å²) in [4.78, 5) is 16.2. The molecule has 5 nitrogen and oxygen atoms in total. The number of ether oxygens (including phenoxy) is 1. The van der Waals surface area contributed by atoms with E-state index in [1.54, 1.807) is 7.11 Å². The minimum absolute atomic E-state index is 0.0253. The Kier molecular flexibility index (Phi) is 3.78. The van der Waals surface area contributed by atoms with E-state index in [9.17, 15) is 4.79 Å². The molecule has 1 unspecified atom stereocenters. The van der Waals surface area contributed by atoms with E-state index in [-0.39, 0.29) is 5.91 Å². The van der Waals surface area contributed by atoms with E-state index in [0.717, 1.165) is 32.2 Å². The zero-order valence-corrected chi connectivity index (χ0v) is 9.89. The van der Waals surface area contributed by atoms with Gasteiger partial charge in [0.25, 0.3) is 0 Å². The highest BCUT2D eigenvalue weighted by Gasteiger charge is 2.33. The second-order valence-corrected chi connectivity index (χ2v) is 4.65. The fourth-order valence-corrected chi connectivity index (χ4v) is 2.23. The van der Waals surface area contributed by atoms with E-state index in [1.165, 1.54) is 12.8 Å². The highest BCUT2D eigenvalue weighted by molar-refractivity contribution is 5.81. The van der Waals surface area contributed by atoms with E-state index in [0.29, 0.717) is 6.61 Å². The van der Waals surface area contributed by atoms with Crippen LogP contribution in [0.1, 0.15) is 12.8 Å². The van der Waals surface area contributed by atoms with Crippen LogP contribution in [0.25, 0.3) is 0 Å². The van der Waals surface area contributed by atoms with Crippen LogP contribution in [0.2, 0.25) is 0 Å². The number of nitrogens with two attached hydrogens (primary N) is 1. The van der Waals surface area contributed by atoms with Gasteiger partial charge in [-0.05, 0) is 12.8 Å². The molecule has 1 atom stereocenters. The minimum atomic E-state index is -0.502. The van der Waals surface area contributed by atoms with Crippen LogP contribution in [-0.4, -0.2) is 67.7 Å². The fourth-order valence-electron chi connectivity index (χ4n) is 2.23. The highest BCUT2D eigenvalue weighted by atomic mass is 16.5. The first-order valence-electron chi connectivity index (χ1n) is 5.99. The molecule has 1 saturated carbocycles. The molecule has 2 fully saturated rings. The van der Waals surface area contributed by atoms with Crippen molar-refractivity contribution in [2.45, 2.75) is 24.9 Å². The molecule has 2 aliphatic rings. The Hall–Kier alpha value is -0.650. The lowest BCUT2D eigenvalue weighted by atomic mass is 10.2. The SMILES string of the molecule is COCC(N)C(=O)N1CCN(C2CC2)CC1. The second-order valence-electron chi connectivity index (χ2n) is 4.65. The summed E-state index contributed by atoms with van der Waals surface area (Å²) >= 11 is 0. The molecule has 0 aromatic heterocycles. The van der Waals surface area contributed by atoms with Crippen molar-refractivity contribution >= 4 is 5.91 Å². The molecule has 2 rings (SSSR count). The van der Waals surface area contributed by atoms with Gasteiger partial charge in [-0.3, -0.25) is 9.69 Å². The first-order valence-corrected chi connectivity index (χ1v) is 5.99. The third-order valence-electron chi connectivity index (χ3n) is 3.35. The predicted octanol–water partition coefficient (Wildman–Crippen LogP) is -0.733. The van der Waals surface area contributed by atoms with Crippen molar-refractivity contribution < 1.29 is 9.53 Å². The molecule has 1 amide bonds. The Balaban J connectivity index is 1.76.